The maximum atomic E-state index is 13.6. The number of methoxy groups -OCH3 is 1. The molecule has 3 aliphatic rings. The molecule has 3 aromatic carbocycles. The van der Waals surface area contributed by atoms with Crippen molar-refractivity contribution in [3.05, 3.63) is 101 Å². The predicted molar refractivity (Wildman–Crippen MR) is 169 cm³/mol. The maximum absolute atomic E-state index is 13.6. The number of phenols is 1. The zero-order valence-corrected chi connectivity index (χ0v) is 25.6. The van der Waals surface area contributed by atoms with Crippen molar-refractivity contribution in [3.63, 3.8) is 0 Å². The number of halogens is 1. The number of nitrogens with one attached hydrogen (secondary N) is 2. The van der Waals surface area contributed by atoms with Crippen LogP contribution in [0.1, 0.15) is 21.5 Å². The number of hydrogen-bond donors (Lipinski definition) is 3. The minimum atomic E-state index is -0.595. The lowest BCUT2D eigenvalue weighted by molar-refractivity contribution is -0.129. The van der Waals surface area contributed by atoms with Crippen LogP contribution in [0.3, 0.4) is 0 Å². The van der Waals surface area contributed by atoms with Crippen LogP contribution in [0.4, 0.5) is 0 Å². The molecule has 3 aliphatic heterocycles. The number of rotatable bonds is 3. The summed E-state index contributed by atoms with van der Waals surface area (Å²) in [6.07, 6.45) is 2.57. The summed E-state index contributed by atoms with van der Waals surface area (Å²) >= 11 is 6.06. The molecule has 6 bridgehead atoms. The highest BCUT2D eigenvalue weighted by molar-refractivity contribution is 6.32. The van der Waals surface area contributed by atoms with Crippen LogP contribution in [-0.2, 0) is 22.6 Å². The van der Waals surface area contributed by atoms with Crippen LogP contribution in [0.15, 0.2) is 79.1 Å². The van der Waals surface area contributed by atoms with Gasteiger partial charge in [-0.1, -0.05) is 29.8 Å². The zero-order valence-electron chi connectivity index (χ0n) is 24.9. The van der Waals surface area contributed by atoms with Gasteiger partial charge in [0.2, 0.25) is 5.91 Å². The van der Waals surface area contributed by atoms with Gasteiger partial charge in [0.1, 0.15) is 29.1 Å². The molecule has 46 heavy (non-hydrogen) atoms. The fourth-order valence-corrected chi connectivity index (χ4v) is 5.64. The summed E-state index contributed by atoms with van der Waals surface area (Å²) < 4.78 is 17.7. The molecule has 4 heterocycles. The molecule has 0 radical (unpaired) electrons. The Labute approximate surface area is 270 Å². The zero-order chi connectivity index (χ0) is 32.2. The number of aromatic nitrogens is 1. The lowest BCUT2D eigenvalue weighted by Crippen LogP contribution is -2.45. The van der Waals surface area contributed by atoms with Crippen LogP contribution < -0.4 is 24.8 Å². The van der Waals surface area contributed by atoms with Crippen molar-refractivity contribution >= 4 is 29.3 Å². The Balaban J connectivity index is 1.31. The van der Waals surface area contributed by atoms with Crippen molar-refractivity contribution in [1.29, 1.82) is 0 Å². The predicted octanol–water partition coefficient (Wildman–Crippen LogP) is 3.76. The number of benzene rings is 3. The third-order valence-electron chi connectivity index (χ3n) is 7.86. The number of nitrogens with zero attached hydrogens (tertiary/aromatic N) is 2. The monoisotopic (exact) mass is 642 g/mol. The number of aromatic hydroxyl groups is 1. The van der Waals surface area contributed by atoms with Gasteiger partial charge in [-0.25, -0.2) is 0 Å². The first-order chi connectivity index (χ1) is 22.2. The number of pyridine rings is 1. The van der Waals surface area contributed by atoms with E-state index in [9.17, 15) is 19.5 Å². The molecule has 7 rings (SSSR count). The summed E-state index contributed by atoms with van der Waals surface area (Å²) in [5, 5.41) is 15.8. The summed E-state index contributed by atoms with van der Waals surface area (Å²) in [4.78, 5) is 45.5. The van der Waals surface area contributed by atoms with E-state index in [0.29, 0.717) is 33.9 Å². The van der Waals surface area contributed by atoms with Crippen molar-refractivity contribution in [2.45, 2.75) is 25.1 Å². The van der Waals surface area contributed by atoms with E-state index in [1.807, 2.05) is 6.07 Å². The molecule has 0 aliphatic carbocycles. The van der Waals surface area contributed by atoms with Gasteiger partial charge >= 0.3 is 0 Å². The summed E-state index contributed by atoms with van der Waals surface area (Å²) in [5.74, 6) is 0.521. The van der Waals surface area contributed by atoms with E-state index < -0.39 is 12.1 Å². The van der Waals surface area contributed by atoms with Crippen LogP contribution >= 0.6 is 11.6 Å². The van der Waals surface area contributed by atoms with Crippen LogP contribution in [0, 0.1) is 0 Å². The molecular weight excluding hydrogens is 612 g/mol. The van der Waals surface area contributed by atoms with Gasteiger partial charge in [-0.3, -0.25) is 19.4 Å². The lowest BCUT2D eigenvalue weighted by Gasteiger charge is -2.22. The topological polar surface area (TPSA) is 139 Å². The van der Waals surface area contributed by atoms with Crippen LogP contribution in [0.2, 0.25) is 5.02 Å². The lowest BCUT2D eigenvalue weighted by atomic mass is 10.1. The second-order valence-corrected chi connectivity index (χ2v) is 11.4. The summed E-state index contributed by atoms with van der Waals surface area (Å²) in [6.45, 7) is 0.428. The number of carbonyl (C=O) groups is 3. The smallest absolute Gasteiger partial charge is 0.258 e. The van der Waals surface area contributed by atoms with Crippen molar-refractivity contribution in [2.75, 3.05) is 26.8 Å². The van der Waals surface area contributed by atoms with Crippen LogP contribution in [-0.4, -0.2) is 71.7 Å². The average Bonchev–Trinajstić information content (AvgIpc) is 3.46. The molecule has 11 nitrogen and oxygen atoms in total. The largest absolute Gasteiger partial charge is 0.506 e. The second kappa shape index (κ2) is 13.4. The summed E-state index contributed by atoms with van der Waals surface area (Å²) in [5.41, 5.74) is 3.14. The van der Waals surface area contributed by atoms with Crippen molar-refractivity contribution < 1.29 is 33.7 Å². The molecule has 1 aromatic heterocycles. The fourth-order valence-electron chi connectivity index (χ4n) is 5.43. The standard InChI is InChI=1S/C34H31ClN4O7/c1-44-30-13-26-7-6-22(30)16-37-32(41)19-45-25-4-2-3-21(12-25)23-11-24(15-36-14-23)34(43)38-28-17-39(18-31(28)46-26)33(42)10-20-5-8-29(40)27(35)9-20/h2-9,11-15,28,31,40H,10,16-19H2,1H3,(H,37,41)(H,38,43)/t28-,31-/m0/s1. The first kappa shape index (κ1) is 30.7. The van der Waals surface area contributed by atoms with Crippen molar-refractivity contribution in [3.8, 4) is 34.1 Å². The first-order valence-corrected chi connectivity index (χ1v) is 15.0. The molecule has 12 heteroatoms. The Morgan fingerprint density at radius 3 is 2.70 bits per heavy atom. The van der Waals surface area contributed by atoms with Gasteiger partial charge in [-0.15, -0.1) is 0 Å². The first-order valence-electron chi connectivity index (χ1n) is 14.6. The van der Waals surface area contributed by atoms with E-state index in [2.05, 4.69) is 15.6 Å². The number of likely N-dealkylation sites (tertiary alicyclic amines) is 1. The van der Waals surface area contributed by atoms with Gasteiger partial charge in [0.15, 0.2) is 6.61 Å². The maximum Gasteiger partial charge on any atom is 0.258 e. The van der Waals surface area contributed by atoms with E-state index in [1.165, 1.54) is 19.4 Å². The number of amides is 3. The highest BCUT2D eigenvalue weighted by Crippen LogP contribution is 2.29. The molecule has 236 valence electrons. The van der Waals surface area contributed by atoms with Gasteiger partial charge in [0.05, 0.1) is 36.7 Å². The van der Waals surface area contributed by atoms with Crippen LogP contribution in [0.5, 0.6) is 23.0 Å². The third kappa shape index (κ3) is 7.00. The number of carbonyl (C=O) groups excluding carboxylic acids is 3. The van der Waals surface area contributed by atoms with E-state index in [0.717, 1.165) is 11.1 Å². The molecule has 1 saturated heterocycles. The van der Waals surface area contributed by atoms with Crippen LogP contribution in [0.25, 0.3) is 11.1 Å². The van der Waals surface area contributed by atoms with Gasteiger partial charge in [-0.05, 0) is 53.6 Å². The number of fused-ring (bicyclic) bond motifs is 7. The normalized spacial score (nSPS) is 18.0. The Hall–Kier alpha value is -5.29. The minimum absolute atomic E-state index is 0.0520. The Morgan fingerprint density at radius 2 is 1.87 bits per heavy atom. The average molecular weight is 643 g/mol. The molecule has 3 amide bonds. The molecule has 2 atom stereocenters. The molecule has 0 saturated carbocycles. The number of hydrogen-bond acceptors (Lipinski definition) is 8. The SMILES string of the molecule is COc1cc2ccc1CNC(=O)COc1cccc(c1)-c1cncc(c1)C(=O)N[C@H]1CN(C(=O)Cc3ccc(O)c(Cl)c3)C[C@@H]1O2. The van der Waals surface area contributed by atoms with E-state index in [1.54, 1.807) is 65.7 Å². The fraction of sp³-hybridized carbons (Fsp3) is 0.235. The third-order valence-corrected chi connectivity index (χ3v) is 8.17. The molecule has 0 spiro atoms. The van der Waals surface area contributed by atoms with Gasteiger partial charge in [0, 0.05) is 42.7 Å². The van der Waals surface area contributed by atoms with Gasteiger partial charge < -0.3 is 34.9 Å². The molecule has 0 unspecified atom stereocenters. The minimum Gasteiger partial charge on any atom is -0.506 e. The van der Waals surface area contributed by atoms with Crippen molar-refractivity contribution in [2.24, 2.45) is 0 Å². The molecule has 4 aromatic rings. The molecular formula is C34H31ClN4O7. The Bertz CT molecular complexity index is 1800. The van der Waals surface area contributed by atoms with E-state index >= 15 is 0 Å². The van der Waals surface area contributed by atoms with E-state index in [-0.39, 0.29) is 61.2 Å². The highest BCUT2D eigenvalue weighted by atomic mass is 35.5. The molecule has 1 fully saturated rings. The van der Waals surface area contributed by atoms with Gasteiger partial charge in [0.25, 0.3) is 11.8 Å². The quantitative estimate of drug-likeness (QED) is 0.307. The van der Waals surface area contributed by atoms with E-state index in [4.69, 9.17) is 25.8 Å². The number of phenolic OH excluding ortho intramolecular Hbond substituents is 1. The summed E-state index contributed by atoms with van der Waals surface area (Å²) in [7, 11) is 1.52. The number of ether oxygens (including phenoxy) is 3. The van der Waals surface area contributed by atoms with Crippen molar-refractivity contribution in [1.82, 2.24) is 20.5 Å². The Morgan fingerprint density at radius 1 is 1.02 bits per heavy atom. The summed E-state index contributed by atoms with van der Waals surface area (Å²) in [6, 6.07) is 18.2. The second-order valence-electron chi connectivity index (χ2n) is 11.0. The molecule has 3 N–H and O–H groups in total. The Kier molecular flexibility index (Phi) is 8.93. The van der Waals surface area contributed by atoms with Gasteiger partial charge in [-0.2, -0.15) is 0 Å². The highest BCUT2D eigenvalue weighted by Gasteiger charge is 2.38.